The van der Waals surface area contributed by atoms with Gasteiger partial charge in [0.2, 0.25) is 65.5 Å². The quantitative estimate of drug-likeness (QED) is 0.0222. The summed E-state index contributed by atoms with van der Waals surface area (Å²) in [4.78, 5) is 170. The zero-order valence-corrected chi connectivity index (χ0v) is 58.5. The molecule has 0 fully saturated rings. The number of hydrogen-bond acceptors (Lipinski definition) is 17. The van der Waals surface area contributed by atoms with E-state index in [2.05, 4.69) is 58.2 Å². The lowest BCUT2D eigenvalue weighted by Crippen LogP contribution is -2.61. The number of aromatic nitrogens is 1. The van der Waals surface area contributed by atoms with E-state index in [9.17, 15) is 63.0 Å². The van der Waals surface area contributed by atoms with Crippen LogP contribution < -0.4 is 64.6 Å². The van der Waals surface area contributed by atoms with Gasteiger partial charge in [0.25, 0.3) is 0 Å². The number of H-pyrrole nitrogens is 1. The number of benzene rings is 3. The summed E-state index contributed by atoms with van der Waals surface area (Å²) in [6, 6.07) is 8.34. The molecule has 532 valence electrons. The summed E-state index contributed by atoms with van der Waals surface area (Å²) in [5, 5.41) is 47.8. The van der Waals surface area contributed by atoms with Gasteiger partial charge >= 0.3 is 5.97 Å². The monoisotopic (exact) mass is 1400 g/mol. The largest absolute Gasteiger partial charge is 0.508 e. The predicted octanol–water partition coefficient (Wildman–Crippen LogP) is 1.82. The molecule has 0 aliphatic heterocycles. The van der Waals surface area contributed by atoms with Crippen LogP contribution in [0.25, 0.3) is 10.9 Å². The second-order valence-corrected chi connectivity index (χ2v) is 27.2. The molecule has 4 rings (SSSR count). The predicted molar refractivity (Wildman–Crippen MR) is 377 cm³/mol. The number of hydrogen-bond donors (Lipinski definition) is 15. The van der Waals surface area contributed by atoms with Gasteiger partial charge in [0, 0.05) is 42.8 Å². The second kappa shape index (κ2) is 43.0. The third-order valence-corrected chi connectivity index (χ3v) is 17.7. The number of aliphatic carboxylic acids is 1. The molecule has 10 atom stereocenters. The van der Waals surface area contributed by atoms with Crippen molar-refractivity contribution in [2.45, 2.75) is 165 Å². The Morgan fingerprint density at radius 1 is 0.495 bits per heavy atom. The molecule has 0 aliphatic carbocycles. The number of thioether (sulfide) groups is 3. The maximum atomic E-state index is 15.1. The molecule has 0 radical (unpaired) electrons. The fourth-order valence-corrected chi connectivity index (χ4v) is 11.9. The van der Waals surface area contributed by atoms with Crippen molar-refractivity contribution in [1.82, 2.24) is 58.2 Å². The highest BCUT2D eigenvalue weighted by Gasteiger charge is 2.37. The van der Waals surface area contributed by atoms with Crippen molar-refractivity contribution in [2.75, 3.05) is 42.6 Å². The molecule has 0 spiro atoms. The Bertz CT molecular complexity index is 3230. The number of carbonyl (C=O) groups is 12. The smallest absolute Gasteiger partial charge is 0.303 e. The topological polar surface area (TPSA) is 433 Å². The number of carbonyl (C=O) groups excluding carboxylic acids is 11. The molecule has 0 saturated heterocycles. The summed E-state index contributed by atoms with van der Waals surface area (Å²) in [6.45, 7) is 7.23. The summed E-state index contributed by atoms with van der Waals surface area (Å²) in [7, 11) is 0. The summed E-state index contributed by atoms with van der Waals surface area (Å²) >= 11 is 4.29. The van der Waals surface area contributed by atoms with Gasteiger partial charge in [-0.3, -0.25) is 57.5 Å². The molecule has 30 heteroatoms. The molecule has 0 unspecified atom stereocenters. The van der Waals surface area contributed by atoms with Gasteiger partial charge in [0.15, 0.2) is 0 Å². The first-order chi connectivity index (χ1) is 46.3. The van der Waals surface area contributed by atoms with Crippen LogP contribution in [0, 0.1) is 11.8 Å². The van der Waals surface area contributed by atoms with E-state index < -0.39 is 144 Å². The van der Waals surface area contributed by atoms with E-state index in [-0.39, 0.29) is 76.0 Å². The van der Waals surface area contributed by atoms with Gasteiger partial charge in [0.1, 0.15) is 66.2 Å². The minimum Gasteiger partial charge on any atom is -0.508 e. The molecule has 1 aromatic heterocycles. The number of primary amides is 1. The number of unbranched alkanes of at least 4 members (excludes halogenated alkanes) is 1. The van der Waals surface area contributed by atoms with Crippen LogP contribution in [0.5, 0.6) is 5.75 Å². The molecule has 0 saturated carbocycles. The van der Waals surface area contributed by atoms with Crippen molar-refractivity contribution >= 4 is 118 Å². The van der Waals surface area contributed by atoms with E-state index in [0.29, 0.717) is 57.7 Å². The fourth-order valence-electron chi connectivity index (χ4n) is 10.5. The van der Waals surface area contributed by atoms with Crippen LogP contribution in [-0.2, 0) is 76.8 Å². The third-order valence-electron chi connectivity index (χ3n) is 15.8. The molecule has 97 heavy (non-hydrogen) atoms. The lowest BCUT2D eigenvalue weighted by molar-refractivity contribution is -0.138. The average Bonchev–Trinajstić information content (AvgIpc) is 1.76. The summed E-state index contributed by atoms with van der Waals surface area (Å²) in [5.41, 5.74) is 13.8. The minimum absolute atomic E-state index is 0.0525. The van der Waals surface area contributed by atoms with Crippen molar-refractivity contribution in [3.63, 3.8) is 0 Å². The first-order valence-corrected chi connectivity index (χ1v) is 36.5. The molecule has 11 amide bonds. The molecule has 0 aliphatic rings. The summed E-state index contributed by atoms with van der Waals surface area (Å²) < 4.78 is 0. The molecule has 27 nitrogen and oxygen atoms in total. The number of phenolic OH excluding ortho intramolecular Hbond substituents is 1. The van der Waals surface area contributed by atoms with E-state index in [1.165, 1.54) is 59.6 Å². The number of carboxylic acid groups (broad SMARTS) is 1. The number of para-hydroxylation sites is 1. The number of carboxylic acids is 1. The Morgan fingerprint density at radius 3 is 1.44 bits per heavy atom. The van der Waals surface area contributed by atoms with Gasteiger partial charge in [-0.05, 0) is 141 Å². The lowest BCUT2D eigenvalue weighted by atomic mass is 10.00. The molecule has 3 aromatic carbocycles. The van der Waals surface area contributed by atoms with E-state index in [1.54, 1.807) is 80.9 Å². The van der Waals surface area contributed by atoms with Crippen LogP contribution in [-0.4, -0.2) is 190 Å². The van der Waals surface area contributed by atoms with Crippen LogP contribution in [0.15, 0.2) is 85.1 Å². The Balaban J connectivity index is 1.73. The average molecular weight is 1400 g/mol. The van der Waals surface area contributed by atoms with E-state index in [4.69, 9.17) is 11.5 Å². The van der Waals surface area contributed by atoms with Gasteiger partial charge in [0.05, 0.1) is 0 Å². The van der Waals surface area contributed by atoms with Crippen molar-refractivity contribution in [2.24, 2.45) is 23.3 Å². The van der Waals surface area contributed by atoms with Crippen molar-refractivity contribution in [3.05, 3.63) is 102 Å². The molecule has 0 bridgehead atoms. The number of fused-ring (bicyclic) bond motifs is 1. The summed E-state index contributed by atoms with van der Waals surface area (Å²) in [6.07, 6.45) is 7.05. The number of rotatable bonds is 46. The Hall–Kier alpha value is -8.35. The number of aromatic hydroxyl groups is 1. The maximum Gasteiger partial charge on any atom is 0.303 e. The standard InChI is InChI=1S/C67H97N13O14S3/c1-39(2)33-52(76-59(86)48(71-38-81)27-31-96-6)63(90)78-53(34-41-15-9-8-10-16-41)64(91)74-50(24-25-56(83)84)61(88)79-55(36-43-37-70-46-18-12-11-17-45(43)46)66(93)73-49(19-13-14-29-68)60(87)77-54(35-42-20-22-44(82)23-21-42)65(92)75-51(28-32-97-7)62(89)80-57(40(3)4)67(94)72-47(58(69)85)26-30-95-5/h8-12,15-18,20-23,37-40,47-55,57,70,82H,13-14,19,24-36,68H2,1-7H3,(H2,69,85)(H,71,81)(H,72,94)(H,73,93)(H,74,91)(H,75,92)(H,76,86)(H,77,87)(H,78,90)(H,79,88)(H,80,89)(H,83,84)/t47-,48-,49-,50-,51-,52-,53-,54-,55-,57-/m0/s1. The van der Waals surface area contributed by atoms with E-state index >= 15 is 4.79 Å². The zero-order valence-electron chi connectivity index (χ0n) is 56.1. The zero-order chi connectivity index (χ0) is 71.6. The van der Waals surface area contributed by atoms with Gasteiger partial charge in [-0.25, -0.2) is 0 Å². The number of nitrogens with one attached hydrogen (secondary N) is 11. The summed E-state index contributed by atoms with van der Waals surface area (Å²) in [5.74, 6) is -8.77. The Labute approximate surface area is 579 Å². The fraction of sp³-hybridized carbons (Fsp3) is 0.522. The molecule has 4 aromatic rings. The van der Waals surface area contributed by atoms with E-state index in [1.807, 2.05) is 26.4 Å². The third kappa shape index (κ3) is 28.3. The van der Waals surface area contributed by atoms with Gasteiger partial charge in [-0.15, -0.1) is 0 Å². The van der Waals surface area contributed by atoms with Crippen LogP contribution >= 0.6 is 35.3 Å². The van der Waals surface area contributed by atoms with Crippen molar-refractivity contribution in [1.29, 1.82) is 0 Å². The van der Waals surface area contributed by atoms with Crippen LogP contribution in [0.2, 0.25) is 0 Å². The maximum absolute atomic E-state index is 15.1. The van der Waals surface area contributed by atoms with Gasteiger partial charge in [-0.1, -0.05) is 88.4 Å². The highest BCUT2D eigenvalue weighted by atomic mass is 32.2. The molecule has 1 heterocycles. The number of nitrogens with two attached hydrogens (primary N) is 2. The Kier molecular flexibility index (Phi) is 36.0. The van der Waals surface area contributed by atoms with E-state index in [0.717, 1.165) is 0 Å². The number of aromatic amines is 1. The van der Waals surface area contributed by atoms with Crippen molar-refractivity contribution in [3.8, 4) is 5.75 Å². The molecular formula is C67H97N13O14S3. The minimum atomic E-state index is -1.67. The number of amides is 11. The normalized spacial score (nSPS) is 14.3. The SMILES string of the molecule is CSCC[C@H](NC(=O)[C@@H](NC(=O)[C@H](CCSC)NC(=O)[C@H](Cc1ccc(O)cc1)NC(=O)[C@H](CCCCN)NC(=O)[C@H](Cc1c[nH]c2ccccc12)NC(=O)[C@H](CCC(=O)O)NC(=O)[C@H](Cc1ccccc1)NC(=O)[C@H](CC(C)C)NC(=O)[C@H](CCSC)NC=O)C(C)C)C(N)=O. The highest BCUT2D eigenvalue weighted by molar-refractivity contribution is 7.99. The first kappa shape index (κ1) is 81.1. The van der Waals surface area contributed by atoms with Crippen LogP contribution in [0.1, 0.15) is 102 Å². The molecular weight excluding hydrogens is 1310 g/mol. The Morgan fingerprint density at radius 2 is 0.928 bits per heavy atom. The van der Waals surface area contributed by atoms with Gasteiger partial charge < -0.3 is 79.8 Å². The molecule has 17 N–H and O–H groups in total. The highest BCUT2D eigenvalue weighted by Crippen LogP contribution is 2.21. The van der Waals surface area contributed by atoms with Crippen molar-refractivity contribution < 1.29 is 67.7 Å². The second-order valence-electron chi connectivity index (χ2n) is 24.3. The van der Waals surface area contributed by atoms with Crippen LogP contribution in [0.3, 0.4) is 0 Å². The lowest BCUT2D eigenvalue weighted by Gasteiger charge is -2.29. The number of phenols is 1. The van der Waals surface area contributed by atoms with Gasteiger partial charge in [-0.2, -0.15) is 35.3 Å². The van der Waals surface area contributed by atoms with Crippen LogP contribution in [0.4, 0.5) is 0 Å². The first-order valence-electron chi connectivity index (χ1n) is 32.3.